The summed E-state index contributed by atoms with van der Waals surface area (Å²) < 4.78 is 20.3. The summed E-state index contributed by atoms with van der Waals surface area (Å²) in [7, 11) is 0. The molecule has 0 fully saturated rings. The number of fused-ring (bicyclic) bond motifs is 10. The van der Waals surface area contributed by atoms with Gasteiger partial charge < -0.3 is 18.0 Å². The number of furan rings is 2. The van der Waals surface area contributed by atoms with Crippen LogP contribution < -0.4 is 0 Å². The summed E-state index contributed by atoms with van der Waals surface area (Å²) in [6.45, 7) is 4.25. The van der Waals surface area contributed by atoms with Crippen molar-refractivity contribution in [2.45, 2.75) is 13.8 Å². The molecule has 9 aromatic rings. The van der Waals surface area contributed by atoms with Crippen LogP contribution in [0.15, 0.2) is 106 Å². The van der Waals surface area contributed by atoms with Crippen LogP contribution in [0.25, 0.3) is 77.3 Å². The molecule has 0 saturated carbocycles. The molecule has 0 bridgehead atoms. The normalized spacial score (nSPS) is 12.3. The van der Waals surface area contributed by atoms with Gasteiger partial charge in [-0.1, -0.05) is 35.4 Å². The van der Waals surface area contributed by atoms with Crippen molar-refractivity contribution in [2.75, 3.05) is 0 Å². The third-order valence-electron chi connectivity index (χ3n) is 8.37. The molecule has 0 amide bonds. The van der Waals surface area contributed by atoms with E-state index in [-0.39, 0.29) is 0 Å². The van der Waals surface area contributed by atoms with Gasteiger partial charge in [0.1, 0.15) is 22.2 Å². The highest BCUT2D eigenvalue weighted by atomic mass is 127. The lowest BCUT2D eigenvalue weighted by Crippen LogP contribution is -1.95. The molecule has 4 heterocycles. The van der Waals surface area contributed by atoms with E-state index in [9.17, 15) is 0 Å². The van der Waals surface area contributed by atoms with Gasteiger partial charge in [0.25, 0.3) is 0 Å². The molecule has 202 valence electrons. The van der Waals surface area contributed by atoms with Gasteiger partial charge in [0.15, 0.2) is 11.2 Å². The van der Waals surface area contributed by atoms with Gasteiger partial charge in [0.05, 0.1) is 11.0 Å². The van der Waals surface area contributed by atoms with E-state index in [0.29, 0.717) is 0 Å². The third kappa shape index (κ3) is 3.45. The maximum Gasteiger partial charge on any atom is 0.161 e. The van der Waals surface area contributed by atoms with Crippen LogP contribution >= 0.6 is 45.2 Å². The zero-order valence-electron chi connectivity index (χ0n) is 22.7. The lowest BCUT2D eigenvalue weighted by molar-refractivity contribution is 0.672. The Hall–Kier alpha value is -3.76. The summed E-state index contributed by atoms with van der Waals surface area (Å²) in [6, 6.07) is 34.9. The van der Waals surface area contributed by atoms with E-state index in [4.69, 9.17) is 8.83 Å². The van der Waals surface area contributed by atoms with Crippen molar-refractivity contribution in [3.8, 4) is 11.4 Å². The number of benzene rings is 5. The molecule has 0 aliphatic rings. The van der Waals surface area contributed by atoms with Crippen molar-refractivity contribution in [2.24, 2.45) is 0 Å². The Labute approximate surface area is 267 Å². The second-order valence-electron chi connectivity index (χ2n) is 11.1. The predicted molar refractivity (Wildman–Crippen MR) is 190 cm³/mol. The van der Waals surface area contributed by atoms with Gasteiger partial charge in [-0.3, -0.25) is 0 Å². The molecular formula is C36H22I2N2O2. The average molecular weight is 768 g/mol. The van der Waals surface area contributed by atoms with Crippen molar-refractivity contribution in [1.29, 1.82) is 0 Å². The Morgan fingerprint density at radius 1 is 0.476 bits per heavy atom. The first kappa shape index (κ1) is 24.8. The Kier molecular flexibility index (Phi) is 5.24. The lowest BCUT2D eigenvalue weighted by atomic mass is 10.1. The minimum atomic E-state index is 0.900. The van der Waals surface area contributed by atoms with Crippen LogP contribution in [0.5, 0.6) is 0 Å². The molecule has 0 spiro atoms. The fourth-order valence-electron chi connectivity index (χ4n) is 6.40. The molecule has 9 rings (SSSR count). The van der Waals surface area contributed by atoms with Crippen LogP contribution in [0.3, 0.4) is 0 Å². The Morgan fingerprint density at radius 2 is 0.881 bits per heavy atom. The number of halogens is 2. The summed E-state index contributed by atoms with van der Waals surface area (Å²) in [5.74, 6) is 0. The van der Waals surface area contributed by atoms with Gasteiger partial charge >= 0.3 is 0 Å². The smallest absolute Gasteiger partial charge is 0.161 e. The van der Waals surface area contributed by atoms with Gasteiger partial charge in [0.2, 0.25) is 0 Å². The fraction of sp³-hybridized carbons (Fsp3) is 0.0556. The first-order valence-electron chi connectivity index (χ1n) is 13.8. The van der Waals surface area contributed by atoms with Crippen LogP contribution in [-0.4, -0.2) is 9.13 Å². The number of hydrogen-bond donors (Lipinski definition) is 0. The van der Waals surface area contributed by atoms with Gasteiger partial charge in [-0.05, 0) is 132 Å². The van der Waals surface area contributed by atoms with E-state index in [1.807, 2.05) is 0 Å². The second kappa shape index (κ2) is 8.87. The summed E-state index contributed by atoms with van der Waals surface area (Å²) in [6.07, 6.45) is 0. The minimum absolute atomic E-state index is 0.900. The number of aromatic nitrogens is 2. The maximum atomic E-state index is 6.66. The maximum absolute atomic E-state index is 6.66. The van der Waals surface area contributed by atoms with Crippen LogP contribution in [0, 0.1) is 21.0 Å². The van der Waals surface area contributed by atoms with E-state index in [2.05, 4.69) is 165 Å². The number of aryl methyl sites for hydroxylation is 2. The largest absolute Gasteiger partial charge is 0.454 e. The molecule has 0 N–H and O–H groups in total. The molecule has 4 aromatic heterocycles. The molecule has 4 nitrogen and oxygen atoms in total. The molecule has 0 saturated heterocycles. The van der Waals surface area contributed by atoms with E-state index in [0.717, 1.165) is 84.5 Å². The molecule has 0 radical (unpaired) electrons. The van der Waals surface area contributed by atoms with Crippen molar-refractivity contribution >= 4 is 111 Å². The second-order valence-corrected chi connectivity index (χ2v) is 13.6. The first-order valence-corrected chi connectivity index (χ1v) is 16.0. The molecule has 5 aromatic carbocycles. The van der Waals surface area contributed by atoms with Crippen LogP contribution in [0.1, 0.15) is 11.1 Å². The Morgan fingerprint density at radius 3 is 1.29 bits per heavy atom. The Bertz CT molecular complexity index is 2360. The lowest BCUT2D eigenvalue weighted by Gasteiger charge is -2.10. The molecule has 6 heteroatoms. The predicted octanol–water partition coefficient (Wildman–Crippen LogP) is 11.2. The van der Waals surface area contributed by atoms with Crippen LogP contribution in [0.4, 0.5) is 0 Å². The van der Waals surface area contributed by atoms with Crippen LogP contribution in [-0.2, 0) is 0 Å². The van der Waals surface area contributed by atoms with Crippen molar-refractivity contribution < 1.29 is 8.83 Å². The number of nitrogens with zero attached hydrogens (tertiary/aromatic N) is 2. The minimum Gasteiger partial charge on any atom is -0.454 e. The number of hydrogen-bond acceptors (Lipinski definition) is 2. The number of rotatable bonds is 2. The van der Waals surface area contributed by atoms with Gasteiger partial charge in [-0.2, -0.15) is 0 Å². The SMILES string of the molecule is Cc1ccc(-n2c3cc4c5oc6cc(I)ccc6c5n(-c5ccc(C)cc5)c4cc3c3oc4cc(I)ccc4c32)cc1. The fourth-order valence-corrected chi connectivity index (χ4v) is 7.32. The molecular weight excluding hydrogens is 746 g/mol. The first-order chi connectivity index (χ1) is 20.4. The van der Waals surface area contributed by atoms with Gasteiger partial charge in [-0.25, -0.2) is 0 Å². The quantitative estimate of drug-likeness (QED) is 0.164. The highest BCUT2D eigenvalue weighted by Gasteiger charge is 2.25. The van der Waals surface area contributed by atoms with Gasteiger partial charge in [0, 0.05) is 40.1 Å². The highest BCUT2D eigenvalue weighted by Crippen LogP contribution is 2.45. The summed E-state index contributed by atoms with van der Waals surface area (Å²) in [5.41, 5.74) is 12.6. The highest BCUT2D eigenvalue weighted by molar-refractivity contribution is 14.1. The standard InChI is InChI=1S/C36H22I2N2O2/c1-19-3-9-23(10-4-19)39-29-17-28-30(18-27(29)35-33(39)25-13-7-21(37)15-31(25)41-35)40(24-11-5-20(2)6-12-24)34-26-14-8-22(38)16-32(26)42-36(28)34/h3-18H,1-2H3. The van der Waals surface area contributed by atoms with E-state index in [1.165, 1.54) is 11.1 Å². The van der Waals surface area contributed by atoms with E-state index >= 15 is 0 Å². The van der Waals surface area contributed by atoms with E-state index < -0.39 is 0 Å². The Balaban J connectivity index is 1.50. The topological polar surface area (TPSA) is 36.1 Å². The summed E-state index contributed by atoms with van der Waals surface area (Å²) >= 11 is 4.70. The third-order valence-corrected chi connectivity index (χ3v) is 9.71. The molecule has 0 aliphatic carbocycles. The molecule has 42 heavy (non-hydrogen) atoms. The zero-order chi connectivity index (χ0) is 28.3. The van der Waals surface area contributed by atoms with E-state index in [1.54, 1.807) is 0 Å². The monoisotopic (exact) mass is 768 g/mol. The summed E-state index contributed by atoms with van der Waals surface area (Å²) in [5, 5.41) is 4.38. The molecule has 0 aliphatic heterocycles. The van der Waals surface area contributed by atoms with Crippen molar-refractivity contribution in [3.05, 3.63) is 115 Å². The van der Waals surface area contributed by atoms with Crippen molar-refractivity contribution in [1.82, 2.24) is 9.13 Å². The average Bonchev–Trinajstić information content (AvgIpc) is 3.69. The van der Waals surface area contributed by atoms with Crippen molar-refractivity contribution in [3.63, 3.8) is 0 Å². The zero-order valence-corrected chi connectivity index (χ0v) is 27.0. The molecule has 0 unspecified atom stereocenters. The van der Waals surface area contributed by atoms with Gasteiger partial charge in [-0.15, -0.1) is 0 Å². The molecule has 0 atom stereocenters. The summed E-state index contributed by atoms with van der Waals surface area (Å²) in [4.78, 5) is 0. The van der Waals surface area contributed by atoms with Crippen LogP contribution in [0.2, 0.25) is 0 Å².